The van der Waals surface area contributed by atoms with Crippen LogP contribution in [0.25, 0.3) is 31.3 Å². The fraction of sp³-hybridized carbons (Fsp3) is 0.261. The summed E-state index contributed by atoms with van der Waals surface area (Å²) in [5.74, 6) is -3.70. The van der Waals surface area contributed by atoms with Gasteiger partial charge in [0.05, 0.1) is 26.4 Å². The standard InChI is InChI=1S/C26H25F2O3PS.C20H20BrF2O3PS/c1-3-30-32(29,31-4-2)23(17-18-14-15-21(27)22(28)16-18)26-25(19-10-6-5-7-11-19)20-12-8-9-13-24(20)33-26;1-3-25-27(24,26-4-2)17(12-13-9-10-15(22)16(23)11-13)20-19(21)14-7-5-6-8-18(14)28-20/h5-16,23H,3-4,17H2,1-2H3;5-11,17H,3-4,12H2,1-2H3. The van der Waals surface area contributed by atoms with Crippen LogP contribution in [0.15, 0.2) is 120 Å². The Morgan fingerprint density at radius 3 is 1.39 bits per heavy atom. The molecular weight excluding hydrogens is 930 g/mol. The Morgan fingerprint density at radius 1 is 0.525 bits per heavy atom. The van der Waals surface area contributed by atoms with E-state index in [1.165, 1.54) is 34.8 Å². The van der Waals surface area contributed by atoms with Gasteiger partial charge in [0, 0.05) is 40.0 Å². The number of rotatable bonds is 17. The summed E-state index contributed by atoms with van der Waals surface area (Å²) in [7, 11) is -7.21. The van der Waals surface area contributed by atoms with Crippen LogP contribution in [0, 0.1) is 23.3 Å². The van der Waals surface area contributed by atoms with Crippen molar-refractivity contribution >= 4 is 74.0 Å². The summed E-state index contributed by atoms with van der Waals surface area (Å²) < 4.78 is 108. The molecule has 322 valence electrons. The molecule has 7 aromatic rings. The van der Waals surface area contributed by atoms with E-state index in [1.54, 1.807) is 27.7 Å². The SMILES string of the molecule is CCOP(=O)(OCC)C(Cc1ccc(F)c(F)c1)c1sc2ccccc2c1-c1ccccc1.CCOP(=O)(OCC)C(Cc1ccc(F)c(F)c1)c1sc2ccccc2c1Br. The molecule has 0 amide bonds. The van der Waals surface area contributed by atoms with Gasteiger partial charge in [0.15, 0.2) is 23.3 Å². The molecule has 7 rings (SSSR count). The van der Waals surface area contributed by atoms with Crippen LogP contribution in [-0.2, 0) is 40.1 Å². The molecule has 15 heteroatoms. The second-order valence-electron chi connectivity index (χ2n) is 13.7. The molecule has 0 spiro atoms. The average molecular weight is 976 g/mol. The summed E-state index contributed by atoms with van der Waals surface area (Å²) in [5.41, 5.74) is 1.66. The molecule has 61 heavy (non-hydrogen) atoms. The Balaban J connectivity index is 0.000000207. The molecule has 0 bridgehead atoms. The lowest BCUT2D eigenvalue weighted by atomic mass is 9.98. The van der Waals surface area contributed by atoms with E-state index in [9.17, 15) is 26.7 Å². The summed E-state index contributed by atoms with van der Waals surface area (Å²) in [4.78, 5) is 1.65. The third kappa shape index (κ3) is 10.8. The number of hydrogen-bond donors (Lipinski definition) is 0. The number of benzene rings is 5. The summed E-state index contributed by atoms with van der Waals surface area (Å²) in [6.45, 7) is 7.88. The molecule has 2 atom stereocenters. The summed E-state index contributed by atoms with van der Waals surface area (Å²) in [6, 6.07) is 33.2. The third-order valence-electron chi connectivity index (χ3n) is 9.68. The fourth-order valence-corrected chi connectivity index (χ4v) is 15.6. The zero-order valence-electron chi connectivity index (χ0n) is 33.9. The van der Waals surface area contributed by atoms with Crippen LogP contribution in [0.2, 0.25) is 0 Å². The van der Waals surface area contributed by atoms with Crippen LogP contribution in [0.1, 0.15) is 59.9 Å². The Hall–Kier alpha value is -3.48. The summed E-state index contributed by atoms with van der Waals surface area (Å²) in [6.07, 6.45) is 0.376. The molecular formula is C46H45BrF4O6P2S2. The molecule has 0 aliphatic heterocycles. The van der Waals surface area contributed by atoms with Crippen LogP contribution in [0.5, 0.6) is 0 Å². The molecule has 5 aromatic carbocycles. The molecule has 0 aliphatic carbocycles. The van der Waals surface area contributed by atoms with Crippen LogP contribution in [0.3, 0.4) is 0 Å². The average Bonchev–Trinajstić information content (AvgIpc) is 3.79. The zero-order valence-corrected chi connectivity index (χ0v) is 38.9. The highest BCUT2D eigenvalue weighted by atomic mass is 79.9. The van der Waals surface area contributed by atoms with Crippen molar-refractivity contribution in [3.05, 3.63) is 164 Å². The van der Waals surface area contributed by atoms with Crippen molar-refractivity contribution in [3.8, 4) is 11.1 Å². The van der Waals surface area contributed by atoms with Crippen molar-refractivity contribution in [3.63, 3.8) is 0 Å². The minimum atomic E-state index is -3.65. The predicted molar refractivity (Wildman–Crippen MR) is 244 cm³/mol. The van der Waals surface area contributed by atoms with Gasteiger partial charge in [-0.1, -0.05) is 78.9 Å². The number of thiophene rings is 2. The molecule has 2 aromatic heterocycles. The topological polar surface area (TPSA) is 71.1 Å². The first kappa shape index (κ1) is 47.0. The van der Waals surface area contributed by atoms with Gasteiger partial charge >= 0.3 is 15.2 Å². The first-order valence-corrected chi connectivity index (χ1v) is 25.4. The number of halogens is 5. The molecule has 0 saturated heterocycles. The van der Waals surface area contributed by atoms with Crippen molar-refractivity contribution < 1.29 is 44.8 Å². The molecule has 6 nitrogen and oxygen atoms in total. The molecule has 2 unspecified atom stereocenters. The Bertz CT molecular complexity index is 2660. The van der Waals surface area contributed by atoms with Crippen LogP contribution in [0.4, 0.5) is 17.6 Å². The molecule has 0 N–H and O–H groups in total. The van der Waals surface area contributed by atoms with E-state index in [4.69, 9.17) is 18.1 Å². The first-order valence-electron chi connectivity index (χ1n) is 19.7. The zero-order chi connectivity index (χ0) is 43.7. The van der Waals surface area contributed by atoms with Crippen molar-refractivity contribution in [2.75, 3.05) is 26.4 Å². The maximum atomic E-state index is 14.1. The quantitative estimate of drug-likeness (QED) is 0.0669. The maximum Gasteiger partial charge on any atom is 0.339 e. The monoisotopic (exact) mass is 974 g/mol. The van der Waals surface area contributed by atoms with Crippen LogP contribution in [-0.4, -0.2) is 26.4 Å². The van der Waals surface area contributed by atoms with E-state index in [0.717, 1.165) is 69.8 Å². The third-order valence-corrected chi connectivity index (χ3v) is 18.6. The maximum absolute atomic E-state index is 14.1. The molecule has 0 radical (unpaired) electrons. The lowest BCUT2D eigenvalue weighted by Gasteiger charge is -2.27. The summed E-state index contributed by atoms with van der Waals surface area (Å²) in [5, 5.41) is 2.04. The Labute approximate surface area is 370 Å². The molecule has 0 fully saturated rings. The van der Waals surface area contributed by atoms with Crippen LogP contribution >= 0.6 is 53.8 Å². The lowest BCUT2D eigenvalue weighted by molar-refractivity contribution is 0.211. The minimum Gasteiger partial charge on any atom is -0.308 e. The van der Waals surface area contributed by atoms with Crippen molar-refractivity contribution in [1.29, 1.82) is 0 Å². The van der Waals surface area contributed by atoms with Gasteiger partial charge in [0.25, 0.3) is 0 Å². The van der Waals surface area contributed by atoms with Gasteiger partial charge in [-0.25, -0.2) is 17.6 Å². The highest BCUT2D eigenvalue weighted by molar-refractivity contribution is 9.10. The van der Waals surface area contributed by atoms with Gasteiger partial charge in [0.2, 0.25) is 0 Å². The van der Waals surface area contributed by atoms with E-state index >= 15 is 0 Å². The van der Waals surface area contributed by atoms with Crippen molar-refractivity contribution in [2.24, 2.45) is 0 Å². The minimum absolute atomic E-state index is 0.182. The van der Waals surface area contributed by atoms with Crippen molar-refractivity contribution in [2.45, 2.75) is 51.9 Å². The van der Waals surface area contributed by atoms with E-state index < -0.39 is 49.8 Å². The molecule has 2 heterocycles. The second-order valence-corrected chi connectivity index (χ2v) is 21.1. The van der Waals surface area contributed by atoms with Gasteiger partial charge in [-0.05, 0) is 110 Å². The van der Waals surface area contributed by atoms with Gasteiger partial charge < -0.3 is 18.1 Å². The highest BCUT2D eigenvalue weighted by Crippen LogP contribution is 2.66. The highest BCUT2D eigenvalue weighted by Gasteiger charge is 2.41. The molecule has 0 aliphatic rings. The number of fused-ring (bicyclic) bond motifs is 2. The smallest absolute Gasteiger partial charge is 0.308 e. The predicted octanol–water partition coefficient (Wildman–Crippen LogP) is 15.9. The first-order chi connectivity index (χ1) is 29.4. The second kappa shape index (κ2) is 21.3. The lowest BCUT2D eigenvalue weighted by Crippen LogP contribution is -2.10. The molecule has 0 saturated carbocycles. The normalized spacial score (nSPS) is 13.0. The fourth-order valence-electron chi connectivity index (χ4n) is 7.08. The van der Waals surface area contributed by atoms with Gasteiger partial charge in [0.1, 0.15) is 11.3 Å². The number of hydrogen-bond acceptors (Lipinski definition) is 8. The summed E-state index contributed by atoms with van der Waals surface area (Å²) >= 11 is 6.65. The van der Waals surface area contributed by atoms with E-state index in [2.05, 4.69) is 15.9 Å². The largest absolute Gasteiger partial charge is 0.339 e. The van der Waals surface area contributed by atoms with Gasteiger partial charge in [-0.3, -0.25) is 9.13 Å². The van der Waals surface area contributed by atoms with Gasteiger partial charge in [-0.2, -0.15) is 0 Å². The van der Waals surface area contributed by atoms with Crippen LogP contribution < -0.4 is 0 Å². The van der Waals surface area contributed by atoms with E-state index in [-0.39, 0.29) is 39.3 Å². The van der Waals surface area contributed by atoms with Crippen molar-refractivity contribution in [1.82, 2.24) is 0 Å². The van der Waals surface area contributed by atoms with Gasteiger partial charge in [-0.15, -0.1) is 22.7 Å². The Kier molecular flexibility index (Phi) is 16.4. The van der Waals surface area contributed by atoms with E-state index in [0.29, 0.717) is 11.1 Å². The Morgan fingerprint density at radius 2 is 0.934 bits per heavy atom. The van der Waals surface area contributed by atoms with E-state index in [1.807, 2.05) is 78.9 Å².